The van der Waals surface area contributed by atoms with Gasteiger partial charge in [-0.2, -0.15) is 15.0 Å². The fourth-order valence-corrected chi connectivity index (χ4v) is 1.96. The van der Waals surface area contributed by atoms with Crippen LogP contribution in [0.15, 0.2) is 0 Å². The molecule has 0 unspecified atom stereocenters. The van der Waals surface area contributed by atoms with Crippen molar-refractivity contribution in [3.8, 4) is 0 Å². The van der Waals surface area contributed by atoms with Crippen molar-refractivity contribution < 1.29 is 0 Å². The number of aromatic nitrogens is 5. The van der Waals surface area contributed by atoms with Crippen LogP contribution in [0.2, 0.25) is 10.6 Å². The molecule has 0 amide bonds. The van der Waals surface area contributed by atoms with Gasteiger partial charge in [0, 0.05) is 0 Å². The van der Waals surface area contributed by atoms with E-state index < -0.39 is 0 Å². The molecule has 0 aromatic carbocycles. The number of nitrogens with one attached hydrogen (secondary N) is 1. The summed E-state index contributed by atoms with van der Waals surface area (Å²) in [5.41, 5.74) is 0. The van der Waals surface area contributed by atoms with Gasteiger partial charge in [0.25, 0.3) is 0 Å². The summed E-state index contributed by atoms with van der Waals surface area (Å²) >= 11 is 12.7. The van der Waals surface area contributed by atoms with E-state index in [4.69, 9.17) is 23.2 Å². The molecule has 16 heavy (non-hydrogen) atoms. The van der Waals surface area contributed by atoms with E-state index >= 15 is 0 Å². The molecule has 0 saturated heterocycles. The zero-order valence-electron chi connectivity index (χ0n) is 8.11. The highest BCUT2D eigenvalue weighted by Crippen LogP contribution is 2.19. The van der Waals surface area contributed by atoms with Gasteiger partial charge in [-0.25, -0.2) is 0 Å². The highest BCUT2D eigenvalue weighted by Gasteiger charge is 2.07. The van der Waals surface area contributed by atoms with Crippen LogP contribution >= 0.6 is 34.5 Å². The fraction of sp³-hybridized carbons (Fsp3) is 0.286. The van der Waals surface area contributed by atoms with Crippen molar-refractivity contribution in [3.63, 3.8) is 0 Å². The summed E-state index contributed by atoms with van der Waals surface area (Å²) in [6.07, 6.45) is 0.831. The van der Waals surface area contributed by atoms with E-state index in [2.05, 4.69) is 30.5 Å². The number of hydrogen-bond donors (Lipinski definition) is 1. The van der Waals surface area contributed by atoms with Gasteiger partial charge < -0.3 is 0 Å². The predicted octanol–water partition coefficient (Wildman–Crippen LogP) is 2.34. The van der Waals surface area contributed by atoms with Gasteiger partial charge in [-0.3, -0.25) is 5.32 Å². The third kappa shape index (κ3) is 2.75. The summed E-state index contributed by atoms with van der Waals surface area (Å²) in [4.78, 5) is 11.3. The molecule has 9 heteroatoms. The zero-order valence-corrected chi connectivity index (χ0v) is 10.4. The lowest BCUT2D eigenvalue weighted by atomic mass is 10.5. The van der Waals surface area contributed by atoms with Gasteiger partial charge in [-0.15, -0.1) is 10.2 Å². The molecule has 2 aromatic heterocycles. The number of aryl methyl sites for hydroxylation is 1. The molecule has 0 bridgehead atoms. The highest BCUT2D eigenvalue weighted by atomic mass is 35.5. The lowest BCUT2D eigenvalue weighted by Gasteiger charge is -1.99. The summed E-state index contributed by atoms with van der Waals surface area (Å²) in [7, 11) is 0. The summed E-state index contributed by atoms with van der Waals surface area (Å²) in [5, 5.41) is 12.3. The van der Waals surface area contributed by atoms with Crippen LogP contribution in [0, 0.1) is 0 Å². The van der Waals surface area contributed by atoms with Gasteiger partial charge in [0.1, 0.15) is 5.01 Å². The highest BCUT2D eigenvalue weighted by molar-refractivity contribution is 7.15. The van der Waals surface area contributed by atoms with E-state index in [1.807, 2.05) is 6.92 Å². The molecular formula is C7H6Cl2N6S. The topological polar surface area (TPSA) is 76.5 Å². The van der Waals surface area contributed by atoms with E-state index in [-0.39, 0.29) is 16.5 Å². The maximum atomic E-state index is 5.63. The molecule has 2 heterocycles. The first kappa shape index (κ1) is 11.4. The maximum Gasteiger partial charge on any atom is 0.234 e. The van der Waals surface area contributed by atoms with Crippen LogP contribution in [0.4, 0.5) is 11.1 Å². The Hall–Kier alpha value is -1.05. The molecule has 0 spiro atoms. The van der Waals surface area contributed by atoms with Gasteiger partial charge in [0.2, 0.25) is 21.6 Å². The lowest BCUT2D eigenvalue weighted by molar-refractivity contribution is 0.980. The zero-order chi connectivity index (χ0) is 11.5. The van der Waals surface area contributed by atoms with Crippen LogP contribution in [0.3, 0.4) is 0 Å². The van der Waals surface area contributed by atoms with Gasteiger partial charge in [-0.05, 0) is 29.6 Å². The molecule has 0 fully saturated rings. The Morgan fingerprint density at radius 1 is 1.12 bits per heavy atom. The van der Waals surface area contributed by atoms with Crippen LogP contribution in [-0.4, -0.2) is 25.1 Å². The summed E-state index contributed by atoms with van der Waals surface area (Å²) in [5.74, 6) is 0.254. The second kappa shape index (κ2) is 4.86. The molecule has 0 radical (unpaired) electrons. The van der Waals surface area contributed by atoms with Crippen molar-refractivity contribution in [2.45, 2.75) is 13.3 Å². The number of halogens is 2. The molecule has 0 aliphatic carbocycles. The number of nitrogens with zero attached hydrogens (tertiary/aromatic N) is 5. The Morgan fingerprint density at radius 3 is 2.38 bits per heavy atom. The maximum absolute atomic E-state index is 5.63. The Bertz CT molecular complexity index is 481. The van der Waals surface area contributed by atoms with Crippen molar-refractivity contribution in [3.05, 3.63) is 15.6 Å². The minimum Gasteiger partial charge on any atom is -0.298 e. The van der Waals surface area contributed by atoms with Crippen LogP contribution in [-0.2, 0) is 6.42 Å². The first-order chi connectivity index (χ1) is 7.67. The van der Waals surface area contributed by atoms with Crippen LogP contribution in [0.5, 0.6) is 0 Å². The van der Waals surface area contributed by atoms with E-state index in [1.165, 1.54) is 11.3 Å². The van der Waals surface area contributed by atoms with Crippen LogP contribution in [0.25, 0.3) is 0 Å². The summed E-state index contributed by atoms with van der Waals surface area (Å²) in [6.45, 7) is 2.00. The normalized spacial score (nSPS) is 10.4. The number of hydrogen-bond acceptors (Lipinski definition) is 7. The first-order valence-corrected chi connectivity index (χ1v) is 5.91. The summed E-state index contributed by atoms with van der Waals surface area (Å²) in [6, 6.07) is 0. The van der Waals surface area contributed by atoms with Gasteiger partial charge in [-0.1, -0.05) is 18.3 Å². The predicted molar refractivity (Wildman–Crippen MR) is 62.4 cm³/mol. The Labute approximate surface area is 105 Å². The Morgan fingerprint density at radius 2 is 1.81 bits per heavy atom. The third-order valence-electron chi connectivity index (χ3n) is 1.57. The van der Waals surface area contributed by atoms with E-state index in [0.29, 0.717) is 5.13 Å². The molecule has 0 saturated carbocycles. The van der Waals surface area contributed by atoms with Crippen molar-refractivity contribution >= 4 is 45.6 Å². The van der Waals surface area contributed by atoms with Crippen LogP contribution in [0.1, 0.15) is 11.9 Å². The third-order valence-corrected chi connectivity index (χ3v) is 2.89. The molecule has 84 valence electrons. The van der Waals surface area contributed by atoms with E-state index in [0.717, 1.165) is 11.4 Å². The Kier molecular flexibility index (Phi) is 3.47. The second-order valence-electron chi connectivity index (χ2n) is 2.68. The van der Waals surface area contributed by atoms with Crippen molar-refractivity contribution in [1.29, 1.82) is 0 Å². The quantitative estimate of drug-likeness (QED) is 0.927. The molecule has 0 aliphatic heterocycles. The second-order valence-corrected chi connectivity index (χ2v) is 4.41. The van der Waals surface area contributed by atoms with Crippen molar-refractivity contribution in [2.24, 2.45) is 0 Å². The van der Waals surface area contributed by atoms with Gasteiger partial charge >= 0.3 is 0 Å². The smallest absolute Gasteiger partial charge is 0.234 e. The van der Waals surface area contributed by atoms with Crippen molar-refractivity contribution in [1.82, 2.24) is 25.1 Å². The van der Waals surface area contributed by atoms with Crippen molar-refractivity contribution in [2.75, 3.05) is 5.32 Å². The standard InChI is InChI=1S/C7H6Cl2N6S/c1-2-3-14-15-7(16-3)13-6-11-4(8)10-5(9)12-6/h2H2,1H3,(H,10,11,12,13,15). The first-order valence-electron chi connectivity index (χ1n) is 4.34. The average molecular weight is 277 g/mol. The van der Waals surface area contributed by atoms with Crippen LogP contribution < -0.4 is 5.32 Å². The number of anilines is 2. The molecule has 1 N–H and O–H groups in total. The SMILES string of the molecule is CCc1nnc(Nc2nc(Cl)nc(Cl)n2)s1. The van der Waals surface area contributed by atoms with Gasteiger partial charge in [0.15, 0.2) is 0 Å². The summed E-state index contributed by atoms with van der Waals surface area (Å²) < 4.78 is 0. The molecule has 6 nitrogen and oxygen atoms in total. The number of rotatable bonds is 3. The minimum atomic E-state index is 0.0303. The minimum absolute atomic E-state index is 0.0303. The Balaban J connectivity index is 2.19. The van der Waals surface area contributed by atoms with Gasteiger partial charge in [0.05, 0.1) is 0 Å². The monoisotopic (exact) mass is 276 g/mol. The molecule has 0 atom stereocenters. The molecule has 2 aromatic rings. The molecule has 0 aliphatic rings. The molecule has 2 rings (SSSR count). The van der Waals surface area contributed by atoms with E-state index in [9.17, 15) is 0 Å². The fourth-order valence-electron chi connectivity index (χ4n) is 0.924. The molecular weight excluding hydrogens is 271 g/mol. The largest absolute Gasteiger partial charge is 0.298 e. The average Bonchev–Trinajstić information content (AvgIpc) is 2.64. The van der Waals surface area contributed by atoms with E-state index in [1.54, 1.807) is 0 Å². The lowest BCUT2D eigenvalue weighted by Crippen LogP contribution is -1.98.